The summed E-state index contributed by atoms with van der Waals surface area (Å²) in [4.78, 5) is 11.0. The third-order valence-electron chi connectivity index (χ3n) is 2.65. The number of ketones is 1. The molecule has 16 heavy (non-hydrogen) atoms. The Morgan fingerprint density at radius 1 is 1.44 bits per heavy atom. The summed E-state index contributed by atoms with van der Waals surface area (Å²) < 4.78 is 5.31. The fourth-order valence-corrected chi connectivity index (χ4v) is 1.76. The zero-order valence-corrected chi connectivity index (χ0v) is 10.1. The fraction of sp³-hybridized carbons (Fsp3) is 0.462. The summed E-state index contributed by atoms with van der Waals surface area (Å²) in [5.74, 6) is 1.08. The molecule has 0 spiro atoms. The van der Waals surface area contributed by atoms with Gasteiger partial charge in [0, 0.05) is 18.0 Å². The predicted molar refractivity (Wildman–Crippen MR) is 64.7 cm³/mol. The fourth-order valence-electron chi connectivity index (χ4n) is 1.76. The third kappa shape index (κ3) is 3.35. The maximum Gasteiger partial charge on any atom is 0.129 e. The van der Waals surface area contributed by atoms with Crippen LogP contribution in [0.25, 0.3) is 0 Å². The predicted octanol–water partition coefficient (Wildman–Crippen LogP) is 2.32. The molecule has 0 aliphatic carbocycles. The van der Waals surface area contributed by atoms with E-state index in [4.69, 9.17) is 4.74 Å². The van der Waals surface area contributed by atoms with Crippen LogP contribution in [0.1, 0.15) is 31.4 Å². The minimum absolute atomic E-state index is 0.167. The standard InChI is InChI=1S/C13H19NO2/c1-10(15)8-9-12(14-2)11-6-4-5-7-13(11)16-3/h4-7,12,14H,8-9H2,1-3H3. The van der Waals surface area contributed by atoms with Crippen LogP contribution in [0, 0.1) is 0 Å². The van der Waals surface area contributed by atoms with E-state index < -0.39 is 0 Å². The number of carbonyl (C=O) groups excluding carboxylic acids is 1. The summed E-state index contributed by atoms with van der Waals surface area (Å²) in [7, 11) is 3.56. The van der Waals surface area contributed by atoms with Crippen molar-refractivity contribution in [2.45, 2.75) is 25.8 Å². The van der Waals surface area contributed by atoms with Crippen LogP contribution in [-0.2, 0) is 4.79 Å². The Balaban J connectivity index is 2.81. The highest BCUT2D eigenvalue weighted by Gasteiger charge is 2.14. The van der Waals surface area contributed by atoms with E-state index >= 15 is 0 Å². The zero-order valence-electron chi connectivity index (χ0n) is 10.1. The first-order valence-electron chi connectivity index (χ1n) is 5.48. The molecule has 0 radical (unpaired) electrons. The minimum Gasteiger partial charge on any atom is -0.496 e. The monoisotopic (exact) mass is 221 g/mol. The molecule has 3 heteroatoms. The molecule has 0 saturated carbocycles. The van der Waals surface area contributed by atoms with Crippen molar-refractivity contribution in [3.05, 3.63) is 29.8 Å². The van der Waals surface area contributed by atoms with Gasteiger partial charge in [0.05, 0.1) is 7.11 Å². The highest BCUT2D eigenvalue weighted by Crippen LogP contribution is 2.27. The summed E-state index contributed by atoms with van der Waals surface area (Å²) in [5.41, 5.74) is 1.11. The number of rotatable bonds is 6. The highest BCUT2D eigenvalue weighted by atomic mass is 16.5. The van der Waals surface area contributed by atoms with Gasteiger partial charge in [0.15, 0.2) is 0 Å². The molecule has 1 N–H and O–H groups in total. The van der Waals surface area contributed by atoms with Gasteiger partial charge in [0.2, 0.25) is 0 Å². The minimum atomic E-state index is 0.167. The zero-order chi connectivity index (χ0) is 12.0. The van der Waals surface area contributed by atoms with Crippen LogP contribution in [0.5, 0.6) is 5.75 Å². The van der Waals surface area contributed by atoms with Gasteiger partial charge in [-0.3, -0.25) is 0 Å². The third-order valence-corrected chi connectivity index (χ3v) is 2.65. The number of carbonyl (C=O) groups is 1. The highest BCUT2D eigenvalue weighted by molar-refractivity contribution is 5.75. The first-order chi connectivity index (χ1) is 7.69. The Kier molecular flexibility index (Phi) is 4.99. The van der Waals surface area contributed by atoms with Gasteiger partial charge in [-0.05, 0) is 26.5 Å². The number of benzene rings is 1. The van der Waals surface area contributed by atoms with Crippen molar-refractivity contribution in [1.82, 2.24) is 5.32 Å². The average molecular weight is 221 g/mol. The van der Waals surface area contributed by atoms with Crippen LogP contribution < -0.4 is 10.1 Å². The molecule has 1 unspecified atom stereocenters. The number of para-hydroxylation sites is 1. The first kappa shape index (κ1) is 12.7. The molecule has 88 valence electrons. The second-order valence-electron chi connectivity index (χ2n) is 3.82. The van der Waals surface area contributed by atoms with Gasteiger partial charge in [-0.25, -0.2) is 0 Å². The smallest absolute Gasteiger partial charge is 0.129 e. The summed E-state index contributed by atoms with van der Waals surface area (Å²) in [6.07, 6.45) is 1.38. The summed E-state index contributed by atoms with van der Waals surface area (Å²) >= 11 is 0. The molecule has 1 rings (SSSR count). The second-order valence-corrected chi connectivity index (χ2v) is 3.82. The molecule has 1 atom stereocenters. The van der Waals surface area contributed by atoms with Crippen LogP contribution in [0.3, 0.4) is 0 Å². The molecule has 0 aliphatic rings. The second kappa shape index (κ2) is 6.28. The van der Waals surface area contributed by atoms with E-state index in [0.29, 0.717) is 6.42 Å². The van der Waals surface area contributed by atoms with Crippen molar-refractivity contribution in [3.8, 4) is 5.75 Å². The lowest BCUT2D eigenvalue weighted by atomic mass is 10.00. The van der Waals surface area contributed by atoms with Gasteiger partial charge in [-0.15, -0.1) is 0 Å². The Bertz CT molecular complexity index is 350. The van der Waals surface area contributed by atoms with Gasteiger partial charge in [0.1, 0.15) is 11.5 Å². The molecule has 1 aromatic rings. The average Bonchev–Trinajstić information content (AvgIpc) is 2.30. The Labute approximate surface area is 96.8 Å². The van der Waals surface area contributed by atoms with Gasteiger partial charge in [-0.2, -0.15) is 0 Å². The summed E-state index contributed by atoms with van der Waals surface area (Å²) in [6, 6.07) is 8.06. The van der Waals surface area contributed by atoms with E-state index in [1.54, 1.807) is 14.0 Å². The molecule has 0 fully saturated rings. The van der Waals surface area contributed by atoms with Crippen molar-refractivity contribution >= 4 is 5.78 Å². The van der Waals surface area contributed by atoms with Crippen molar-refractivity contribution in [1.29, 1.82) is 0 Å². The van der Waals surface area contributed by atoms with Gasteiger partial charge in [0.25, 0.3) is 0 Å². The number of nitrogens with one attached hydrogen (secondary N) is 1. The number of methoxy groups -OCH3 is 1. The van der Waals surface area contributed by atoms with Crippen molar-refractivity contribution in [3.63, 3.8) is 0 Å². The molecule has 0 bridgehead atoms. The lowest BCUT2D eigenvalue weighted by Crippen LogP contribution is -2.18. The Hall–Kier alpha value is -1.35. The molecule has 0 amide bonds. The Morgan fingerprint density at radius 2 is 2.12 bits per heavy atom. The lowest BCUT2D eigenvalue weighted by molar-refractivity contribution is -0.117. The van der Waals surface area contributed by atoms with Crippen molar-refractivity contribution < 1.29 is 9.53 Å². The van der Waals surface area contributed by atoms with E-state index in [-0.39, 0.29) is 11.8 Å². The van der Waals surface area contributed by atoms with E-state index in [0.717, 1.165) is 17.7 Å². The number of Topliss-reactive ketones (excluding diaryl/α,β-unsaturated/α-hetero) is 1. The molecular formula is C13H19NO2. The van der Waals surface area contributed by atoms with E-state index in [2.05, 4.69) is 5.32 Å². The molecule has 1 aromatic carbocycles. The summed E-state index contributed by atoms with van der Waals surface area (Å²) in [5, 5.41) is 3.22. The van der Waals surface area contributed by atoms with Crippen LogP contribution in [0.15, 0.2) is 24.3 Å². The molecule has 0 heterocycles. The quantitative estimate of drug-likeness (QED) is 0.801. The molecule has 3 nitrogen and oxygen atoms in total. The van der Waals surface area contributed by atoms with Crippen molar-refractivity contribution in [2.75, 3.05) is 14.2 Å². The first-order valence-corrected chi connectivity index (χ1v) is 5.48. The van der Waals surface area contributed by atoms with Gasteiger partial charge >= 0.3 is 0 Å². The Morgan fingerprint density at radius 3 is 2.69 bits per heavy atom. The summed E-state index contributed by atoms with van der Waals surface area (Å²) in [6.45, 7) is 1.62. The number of ether oxygens (including phenoxy) is 1. The van der Waals surface area contributed by atoms with Crippen LogP contribution in [0.4, 0.5) is 0 Å². The van der Waals surface area contributed by atoms with E-state index in [1.165, 1.54) is 0 Å². The van der Waals surface area contributed by atoms with Crippen LogP contribution >= 0.6 is 0 Å². The van der Waals surface area contributed by atoms with Crippen molar-refractivity contribution in [2.24, 2.45) is 0 Å². The maximum absolute atomic E-state index is 11.0. The topological polar surface area (TPSA) is 38.3 Å². The SMILES string of the molecule is CNC(CCC(C)=O)c1ccccc1OC. The largest absolute Gasteiger partial charge is 0.496 e. The van der Waals surface area contributed by atoms with E-state index in [9.17, 15) is 4.79 Å². The van der Waals surface area contributed by atoms with Crippen LogP contribution in [0.2, 0.25) is 0 Å². The molecule has 0 aliphatic heterocycles. The number of hydrogen-bond donors (Lipinski definition) is 1. The van der Waals surface area contributed by atoms with Gasteiger partial charge < -0.3 is 14.8 Å². The molecule has 0 aromatic heterocycles. The van der Waals surface area contributed by atoms with Gasteiger partial charge in [-0.1, -0.05) is 18.2 Å². The molecular weight excluding hydrogens is 202 g/mol. The van der Waals surface area contributed by atoms with Crippen LogP contribution in [-0.4, -0.2) is 19.9 Å². The normalized spacial score (nSPS) is 12.2. The maximum atomic E-state index is 11.0. The lowest BCUT2D eigenvalue weighted by Gasteiger charge is -2.18. The number of hydrogen-bond acceptors (Lipinski definition) is 3. The molecule has 0 saturated heterocycles. The van der Waals surface area contributed by atoms with E-state index in [1.807, 2.05) is 31.3 Å².